The highest BCUT2D eigenvalue weighted by Gasteiger charge is 2.26. The number of Topliss-reactive ketones (excluding diaryl/α,β-unsaturated/α-hetero) is 1. The summed E-state index contributed by atoms with van der Waals surface area (Å²) in [6.45, 7) is 7.45. The number of nitrogens with one attached hydrogen (secondary N) is 1. The molecule has 1 N–H and O–H groups in total. The van der Waals surface area contributed by atoms with Crippen molar-refractivity contribution in [2.45, 2.75) is 27.2 Å². The number of carbonyl (C=O) groups is 2. The number of hydrogen-bond donors (Lipinski definition) is 1. The van der Waals surface area contributed by atoms with E-state index in [0.29, 0.717) is 23.1 Å². The van der Waals surface area contributed by atoms with Crippen molar-refractivity contribution in [1.29, 1.82) is 0 Å². The topological polar surface area (TPSA) is 53.2 Å². The standard InChI is InChI=1S/C14H20N2O2/c1-9-4-10(2)8-16(7-9)14(18)13-5-12(6-15-13)11(3)17/h5-6,9-10,15H,4,7-8H2,1-3H3/t9-,10+. The van der Waals surface area contributed by atoms with E-state index in [0.717, 1.165) is 13.1 Å². The minimum absolute atomic E-state index is 0.000833. The summed E-state index contributed by atoms with van der Waals surface area (Å²) in [5, 5.41) is 0. The molecule has 1 aliphatic heterocycles. The first-order chi connectivity index (χ1) is 8.47. The molecule has 2 heterocycles. The van der Waals surface area contributed by atoms with Crippen LogP contribution in [-0.2, 0) is 0 Å². The molecule has 0 radical (unpaired) electrons. The van der Waals surface area contributed by atoms with Gasteiger partial charge in [-0.25, -0.2) is 0 Å². The molecule has 1 aliphatic rings. The Morgan fingerprint density at radius 1 is 1.28 bits per heavy atom. The van der Waals surface area contributed by atoms with Gasteiger partial charge in [0, 0.05) is 24.8 Å². The molecule has 4 heteroatoms. The maximum Gasteiger partial charge on any atom is 0.270 e. The van der Waals surface area contributed by atoms with Crippen LogP contribution in [0.25, 0.3) is 0 Å². The van der Waals surface area contributed by atoms with Gasteiger partial charge in [-0.1, -0.05) is 13.8 Å². The Morgan fingerprint density at radius 3 is 2.39 bits per heavy atom. The highest BCUT2D eigenvalue weighted by Crippen LogP contribution is 2.22. The molecule has 2 rings (SSSR count). The maximum absolute atomic E-state index is 12.3. The second kappa shape index (κ2) is 4.96. The van der Waals surface area contributed by atoms with E-state index in [4.69, 9.17) is 0 Å². The van der Waals surface area contributed by atoms with Crippen LogP contribution in [0.1, 0.15) is 48.0 Å². The first-order valence-corrected chi connectivity index (χ1v) is 6.46. The lowest BCUT2D eigenvalue weighted by Gasteiger charge is -2.34. The summed E-state index contributed by atoms with van der Waals surface area (Å²) in [5.41, 5.74) is 1.08. The Kier molecular flexibility index (Phi) is 3.55. The van der Waals surface area contributed by atoms with Crippen LogP contribution in [0, 0.1) is 11.8 Å². The third-order valence-electron chi connectivity index (χ3n) is 3.48. The van der Waals surface area contributed by atoms with Gasteiger partial charge in [0.15, 0.2) is 5.78 Å². The highest BCUT2D eigenvalue weighted by molar-refractivity contribution is 5.99. The Balaban J connectivity index is 2.12. The van der Waals surface area contributed by atoms with Crippen LogP contribution < -0.4 is 0 Å². The van der Waals surface area contributed by atoms with Gasteiger partial charge in [0.25, 0.3) is 5.91 Å². The van der Waals surface area contributed by atoms with Crippen LogP contribution >= 0.6 is 0 Å². The average molecular weight is 248 g/mol. The van der Waals surface area contributed by atoms with Crippen molar-refractivity contribution in [2.75, 3.05) is 13.1 Å². The summed E-state index contributed by atoms with van der Waals surface area (Å²) in [7, 11) is 0. The van der Waals surface area contributed by atoms with Gasteiger partial charge >= 0.3 is 0 Å². The molecule has 0 aromatic carbocycles. The van der Waals surface area contributed by atoms with Gasteiger partial charge in [0.2, 0.25) is 0 Å². The van der Waals surface area contributed by atoms with E-state index >= 15 is 0 Å². The minimum Gasteiger partial charge on any atom is -0.356 e. The van der Waals surface area contributed by atoms with E-state index in [1.54, 1.807) is 12.3 Å². The molecule has 1 aromatic heterocycles. The van der Waals surface area contributed by atoms with Crippen molar-refractivity contribution in [2.24, 2.45) is 11.8 Å². The lowest BCUT2D eigenvalue weighted by molar-refractivity contribution is 0.0618. The van der Waals surface area contributed by atoms with Crippen LogP contribution in [0.5, 0.6) is 0 Å². The molecule has 18 heavy (non-hydrogen) atoms. The zero-order valence-electron chi connectivity index (χ0n) is 11.2. The van der Waals surface area contributed by atoms with Crippen LogP contribution in [0.3, 0.4) is 0 Å². The molecule has 0 saturated carbocycles. The number of H-pyrrole nitrogens is 1. The van der Waals surface area contributed by atoms with E-state index in [1.807, 2.05) is 4.90 Å². The molecule has 98 valence electrons. The number of likely N-dealkylation sites (tertiary alicyclic amines) is 1. The number of ketones is 1. The van der Waals surface area contributed by atoms with Crippen molar-refractivity contribution < 1.29 is 9.59 Å². The average Bonchev–Trinajstić information content (AvgIpc) is 2.75. The third-order valence-corrected chi connectivity index (χ3v) is 3.48. The molecule has 0 bridgehead atoms. The van der Waals surface area contributed by atoms with Gasteiger partial charge in [-0.05, 0) is 31.2 Å². The summed E-state index contributed by atoms with van der Waals surface area (Å²) in [4.78, 5) is 28.3. The van der Waals surface area contributed by atoms with Crippen molar-refractivity contribution >= 4 is 11.7 Å². The number of nitrogens with zero attached hydrogens (tertiary/aromatic N) is 1. The molecular formula is C14H20N2O2. The molecule has 0 unspecified atom stereocenters. The fraction of sp³-hybridized carbons (Fsp3) is 0.571. The second-order valence-corrected chi connectivity index (χ2v) is 5.51. The number of carbonyl (C=O) groups excluding carboxylic acids is 2. The fourth-order valence-corrected chi connectivity index (χ4v) is 2.72. The van der Waals surface area contributed by atoms with Gasteiger partial charge in [0.1, 0.15) is 5.69 Å². The molecule has 1 aromatic rings. The summed E-state index contributed by atoms with van der Waals surface area (Å²) in [6, 6.07) is 1.65. The van der Waals surface area contributed by atoms with Crippen molar-refractivity contribution in [3.05, 3.63) is 23.5 Å². The minimum atomic E-state index is -0.0225. The first-order valence-electron chi connectivity index (χ1n) is 6.46. The summed E-state index contributed by atoms with van der Waals surface area (Å²) >= 11 is 0. The lowest BCUT2D eigenvalue weighted by atomic mass is 9.92. The van der Waals surface area contributed by atoms with Gasteiger partial charge in [-0.15, -0.1) is 0 Å². The molecule has 1 fully saturated rings. The zero-order chi connectivity index (χ0) is 13.3. The van der Waals surface area contributed by atoms with Crippen molar-refractivity contribution in [3.63, 3.8) is 0 Å². The van der Waals surface area contributed by atoms with Crippen LogP contribution in [0.2, 0.25) is 0 Å². The van der Waals surface area contributed by atoms with Crippen LogP contribution in [0.15, 0.2) is 12.3 Å². The molecule has 4 nitrogen and oxygen atoms in total. The SMILES string of the molecule is CC(=O)c1c[nH]c(C(=O)N2C[C@H](C)C[C@H](C)C2)c1. The predicted molar refractivity (Wildman–Crippen MR) is 69.6 cm³/mol. The fourth-order valence-electron chi connectivity index (χ4n) is 2.72. The summed E-state index contributed by atoms with van der Waals surface area (Å²) in [5.74, 6) is 1.06. The maximum atomic E-state index is 12.3. The monoisotopic (exact) mass is 248 g/mol. The highest BCUT2D eigenvalue weighted by atomic mass is 16.2. The van der Waals surface area contributed by atoms with E-state index in [9.17, 15) is 9.59 Å². The molecule has 1 amide bonds. The zero-order valence-corrected chi connectivity index (χ0v) is 11.2. The largest absolute Gasteiger partial charge is 0.356 e. The Hall–Kier alpha value is -1.58. The van der Waals surface area contributed by atoms with Crippen LogP contribution in [-0.4, -0.2) is 34.7 Å². The smallest absolute Gasteiger partial charge is 0.270 e. The first kappa shape index (κ1) is 12.9. The number of aromatic amines is 1. The van der Waals surface area contributed by atoms with Crippen LogP contribution in [0.4, 0.5) is 0 Å². The number of piperidine rings is 1. The van der Waals surface area contributed by atoms with E-state index in [-0.39, 0.29) is 11.7 Å². The predicted octanol–water partition coefficient (Wildman–Crippen LogP) is 2.34. The summed E-state index contributed by atoms with van der Waals surface area (Å²) in [6.07, 6.45) is 2.78. The van der Waals surface area contributed by atoms with E-state index in [1.165, 1.54) is 13.3 Å². The molecule has 1 saturated heterocycles. The lowest BCUT2D eigenvalue weighted by Crippen LogP contribution is -2.42. The van der Waals surface area contributed by atoms with E-state index < -0.39 is 0 Å². The van der Waals surface area contributed by atoms with Crippen molar-refractivity contribution in [3.8, 4) is 0 Å². The third kappa shape index (κ3) is 2.63. The number of rotatable bonds is 2. The van der Waals surface area contributed by atoms with Crippen molar-refractivity contribution in [1.82, 2.24) is 9.88 Å². The Labute approximate surface area is 107 Å². The Bertz CT molecular complexity index is 454. The molecule has 2 atom stereocenters. The van der Waals surface area contributed by atoms with E-state index in [2.05, 4.69) is 18.8 Å². The Morgan fingerprint density at radius 2 is 1.89 bits per heavy atom. The second-order valence-electron chi connectivity index (χ2n) is 5.51. The molecular weight excluding hydrogens is 228 g/mol. The van der Waals surface area contributed by atoms with Gasteiger partial charge in [-0.3, -0.25) is 9.59 Å². The van der Waals surface area contributed by atoms with Gasteiger partial charge < -0.3 is 9.88 Å². The van der Waals surface area contributed by atoms with Gasteiger partial charge in [0.05, 0.1) is 0 Å². The van der Waals surface area contributed by atoms with Gasteiger partial charge in [-0.2, -0.15) is 0 Å². The normalized spacial score (nSPS) is 24.1. The quantitative estimate of drug-likeness (QED) is 0.817. The number of aromatic nitrogens is 1. The summed E-state index contributed by atoms with van der Waals surface area (Å²) < 4.78 is 0. The molecule has 0 aliphatic carbocycles. The number of hydrogen-bond acceptors (Lipinski definition) is 2. The molecule has 0 spiro atoms. The number of amides is 1.